The Balaban J connectivity index is 1.59. The molecular formula is C19H13ClN4O3S. The van der Waals surface area contributed by atoms with Crippen LogP contribution in [0.5, 0.6) is 0 Å². The zero-order valence-corrected chi connectivity index (χ0v) is 16.1. The fourth-order valence-electron chi connectivity index (χ4n) is 2.73. The molecule has 0 atom stereocenters. The van der Waals surface area contributed by atoms with Crippen molar-refractivity contribution in [2.24, 2.45) is 0 Å². The van der Waals surface area contributed by atoms with E-state index in [1.165, 1.54) is 18.4 Å². The summed E-state index contributed by atoms with van der Waals surface area (Å²) in [7, 11) is 1.31. The Hall–Kier alpha value is -3.23. The van der Waals surface area contributed by atoms with Gasteiger partial charge in [-0.1, -0.05) is 17.7 Å². The molecule has 3 heterocycles. The zero-order chi connectivity index (χ0) is 19.7. The van der Waals surface area contributed by atoms with E-state index in [0.29, 0.717) is 38.2 Å². The number of methoxy groups -OCH3 is 1. The summed E-state index contributed by atoms with van der Waals surface area (Å²) in [6, 6.07) is 8.60. The van der Waals surface area contributed by atoms with E-state index in [1.54, 1.807) is 42.0 Å². The smallest absolute Gasteiger partial charge is 0.354 e. The van der Waals surface area contributed by atoms with Crippen molar-refractivity contribution in [1.82, 2.24) is 15.0 Å². The van der Waals surface area contributed by atoms with Gasteiger partial charge in [0.05, 0.1) is 23.9 Å². The standard InChI is InChI=1S/C19H13ClN4O3S/c1-27-18(26)14-6-11(8-22-14)15-9-28-19(23-15)24-17(25)13-7-12(20)5-10-3-2-4-21-16(10)13/h2-9,22H,1H3,(H,23,24,25). The number of amides is 1. The lowest BCUT2D eigenvalue weighted by atomic mass is 10.1. The highest BCUT2D eigenvalue weighted by atomic mass is 35.5. The van der Waals surface area contributed by atoms with Crippen LogP contribution in [0.2, 0.25) is 5.02 Å². The number of nitrogens with one attached hydrogen (secondary N) is 2. The first kappa shape index (κ1) is 18.1. The molecule has 0 aliphatic carbocycles. The number of fused-ring (bicyclic) bond motifs is 1. The number of carbonyl (C=O) groups is 2. The van der Waals surface area contributed by atoms with Gasteiger partial charge in [0.1, 0.15) is 5.69 Å². The van der Waals surface area contributed by atoms with Crippen LogP contribution in [0, 0.1) is 0 Å². The molecule has 4 rings (SSSR count). The molecule has 140 valence electrons. The Bertz CT molecular complexity index is 1200. The summed E-state index contributed by atoms with van der Waals surface area (Å²) in [6.07, 6.45) is 3.28. The maximum absolute atomic E-state index is 12.7. The van der Waals surface area contributed by atoms with Crippen LogP contribution in [0.25, 0.3) is 22.2 Å². The van der Waals surface area contributed by atoms with Crippen LogP contribution in [-0.2, 0) is 4.74 Å². The molecule has 0 unspecified atom stereocenters. The largest absolute Gasteiger partial charge is 0.464 e. The summed E-state index contributed by atoms with van der Waals surface area (Å²) in [4.78, 5) is 35.8. The van der Waals surface area contributed by atoms with Crippen LogP contribution in [0.15, 0.2) is 48.1 Å². The second kappa shape index (κ2) is 7.41. The van der Waals surface area contributed by atoms with Gasteiger partial charge in [-0.3, -0.25) is 15.1 Å². The van der Waals surface area contributed by atoms with Gasteiger partial charge in [-0.05, 0) is 24.3 Å². The second-order valence-corrected chi connectivity index (χ2v) is 7.11. The highest BCUT2D eigenvalue weighted by molar-refractivity contribution is 7.14. The van der Waals surface area contributed by atoms with Crippen LogP contribution >= 0.6 is 22.9 Å². The van der Waals surface area contributed by atoms with Crippen LogP contribution in [0.1, 0.15) is 20.8 Å². The number of H-pyrrole nitrogens is 1. The molecule has 0 saturated carbocycles. The van der Waals surface area contributed by atoms with Crippen molar-refractivity contribution in [3.63, 3.8) is 0 Å². The van der Waals surface area contributed by atoms with Gasteiger partial charge in [-0.25, -0.2) is 9.78 Å². The lowest BCUT2D eigenvalue weighted by molar-refractivity contribution is 0.0594. The Kier molecular flexibility index (Phi) is 4.81. The van der Waals surface area contributed by atoms with E-state index in [4.69, 9.17) is 11.6 Å². The van der Waals surface area contributed by atoms with Crippen molar-refractivity contribution in [3.05, 3.63) is 64.4 Å². The van der Waals surface area contributed by atoms with Crippen LogP contribution < -0.4 is 5.32 Å². The van der Waals surface area contributed by atoms with Gasteiger partial charge >= 0.3 is 5.97 Å². The number of carbonyl (C=O) groups excluding carboxylic acids is 2. The lowest BCUT2D eigenvalue weighted by Gasteiger charge is -2.06. The molecule has 0 spiro atoms. The molecule has 28 heavy (non-hydrogen) atoms. The van der Waals surface area contributed by atoms with Gasteiger partial charge in [0.15, 0.2) is 5.13 Å². The van der Waals surface area contributed by atoms with Crippen molar-refractivity contribution >= 4 is 50.8 Å². The van der Waals surface area contributed by atoms with E-state index >= 15 is 0 Å². The van der Waals surface area contributed by atoms with E-state index in [9.17, 15) is 9.59 Å². The van der Waals surface area contributed by atoms with Crippen LogP contribution in [-0.4, -0.2) is 33.9 Å². The summed E-state index contributed by atoms with van der Waals surface area (Å²) in [5.74, 6) is -0.813. The van der Waals surface area contributed by atoms with Crippen molar-refractivity contribution < 1.29 is 14.3 Å². The predicted octanol–water partition coefficient (Wildman–Crippen LogP) is 4.38. The zero-order valence-electron chi connectivity index (χ0n) is 14.5. The monoisotopic (exact) mass is 412 g/mol. The number of hydrogen-bond donors (Lipinski definition) is 2. The second-order valence-electron chi connectivity index (χ2n) is 5.81. The molecular weight excluding hydrogens is 400 g/mol. The van der Waals surface area contributed by atoms with Gasteiger partial charge in [0, 0.05) is 33.7 Å². The van der Waals surface area contributed by atoms with E-state index in [-0.39, 0.29) is 5.91 Å². The SMILES string of the molecule is COC(=O)c1cc(-c2csc(NC(=O)c3cc(Cl)cc4cccnc34)n2)c[nH]1. The average Bonchev–Trinajstić information content (AvgIpc) is 3.36. The number of ether oxygens (including phenoxy) is 1. The summed E-state index contributed by atoms with van der Waals surface area (Å²) in [5, 5.41) is 6.22. The maximum atomic E-state index is 12.7. The molecule has 0 saturated heterocycles. The molecule has 2 N–H and O–H groups in total. The normalized spacial score (nSPS) is 10.8. The maximum Gasteiger partial charge on any atom is 0.354 e. The van der Waals surface area contributed by atoms with Crippen molar-refractivity contribution in [2.45, 2.75) is 0 Å². The summed E-state index contributed by atoms with van der Waals surface area (Å²) in [6.45, 7) is 0. The number of anilines is 1. The van der Waals surface area contributed by atoms with E-state index < -0.39 is 5.97 Å². The molecule has 3 aromatic heterocycles. The predicted molar refractivity (Wildman–Crippen MR) is 108 cm³/mol. The first-order chi connectivity index (χ1) is 13.5. The number of hydrogen-bond acceptors (Lipinski definition) is 6. The third-order valence-electron chi connectivity index (χ3n) is 4.02. The molecule has 7 nitrogen and oxygen atoms in total. The van der Waals surface area contributed by atoms with Gasteiger partial charge in [-0.2, -0.15) is 0 Å². The Morgan fingerprint density at radius 2 is 2.14 bits per heavy atom. The van der Waals surface area contributed by atoms with Crippen LogP contribution in [0.3, 0.4) is 0 Å². The minimum absolute atomic E-state index is 0.326. The molecule has 1 amide bonds. The number of esters is 1. The molecule has 0 fully saturated rings. The summed E-state index contributed by atoms with van der Waals surface area (Å²) < 4.78 is 4.68. The third kappa shape index (κ3) is 3.47. The van der Waals surface area contributed by atoms with Crippen molar-refractivity contribution in [1.29, 1.82) is 0 Å². The molecule has 1 aromatic carbocycles. The van der Waals surface area contributed by atoms with Crippen LogP contribution in [0.4, 0.5) is 5.13 Å². The van der Waals surface area contributed by atoms with Crippen molar-refractivity contribution in [2.75, 3.05) is 12.4 Å². The van der Waals surface area contributed by atoms with Crippen molar-refractivity contribution in [3.8, 4) is 11.3 Å². The topological polar surface area (TPSA) is 97.0 Å². The van der Waals surface area contributed by atoms with Gasteiger partial charge in [0.25, 0.3) is 5.91 Å². The summed E-state index contributed by atoms with van der Waals surface area (Å²) >= 11 is 7.41. The number of aromatic nitrogens is 3. The highest BCUT2D eigenvalue weighted by Crippen LogP contribution is 2.27. The molecule has 0 aliphatic heterocycles. The number of nitrogens with zero attached hydrogens (tertiary/aromatic N) is 2. The minimum Gasteiger partial charge on any atom is -0.464 e. The number of aromatic amines is 1. The fourth-order valence-corrected chi connectivity index (χ4v) is 3.67. The Labute approximate surface area is 168 Å². The lowest BCUT2D eigenvalue weighted by Crippen LogP contribution is -2.12. The fraction of sp³-hybridized carbons (Fsp3) is 0.0526. The van der Waals surface area contributed by atoms with E-state index in [2.05, 4.69) is 25.0 Å². The number of pyridine rings is 1. The minimum atomic E-state index is -0.463. The number of thiazole rings is 1. The number of rotatable bonds is 4. The number of halogens is 1. The molecule has 0 radical (unpaired) electrons. The molecule has 9 heteroatoms. The third-order valence-corrected chi connectivity index (χ3v) is 5.00. The summed E-state index contributed by atoms with van der Waals surface area (Å²) in [5.41, 5.74) is 2.60. The van der Waals surface area contributed by atoms with Gasteiger partial charge in [-0.15, -0.1) is 11.3 Å². The Morgan fingerprint density at radius 3 is 2.96 bits per heavy atom. The first-order valence-corrected chi connectivity index (χ1v) is 9.39. The highest BCUT2D eigenvalue weighted by Gasteiger charge is 2.16. The molecule has 0 bridgehead atoms. The average molecular weight is 413 g/mol. The molecule has 0 aliphatic rings. The first-order valence-electron chi connectivity index (χ1n) is 8.13. The van der Waals surface area contributed by atoms with Gasteiger partial charge < -0.3 is 9.72 Å². The number of benzene rings is 1. The van der Waals surface area contributed by atoms with E-state index in [0.717, 1.165) is 5.39 Å². The van der Waals surface area contributed by atoms with E-state index in [1.807, 2.05) is 6.07 Å². The quantitative estimate of drug-likeness (QED) is 0.485. The Morgan fingerprint density at radius 1 is 1.29 bits per heavy atom. The van der Waals surface area contributed by atoms with Gasteiger partial charge in [0.2, 0.25) is 0 Å². The molecule has 4 aromatic rings.